The Morgan fingerprint density at radius 1 is 0.769 bits per heavy atom. The maximum Gasteiger partial charge on any atom is 0.407 e. The van der Waals surface area contributed by atoms with Crippen molar-refractivity contribution < 1.29 is 69.2 Å². The molecule has 0 aliphatic carbocycles. The first-order valence-corrected chi connectivity index (χ1v) is 25.0. The third kappa shape index (κ3) is 13.8. The van der Waals surface area contributed by atoms with Gasteiger partial charge in [-0.1, -0.05) is 42.2 Å². The van der Waals surface area contributed by atoms with Crippen LogP contribution >= 0.6 is 0 Å². The number of nitrogens with one attached hydrogen (secondary N) is 4. The molecule has 3 aliphatic heterocycles. The molecule has 2 unspecified atom stereocenters. The molecule has 2 aromatic heterocycles. The summed E-state index contributed by atoms with van der Waals surface area (Å²) in [6, 6.07) is 14.0. The van der Waals surface area contributed by atoms with E-state index in [1.165, 1.54) is 18.3 Å². The van der Waals surface area contributed by atoms with E-state index in [4.69, 9.17) is 9.72 Å². The van der Waals surface area contributed by atoms with Gasteiger partial charge in [-0.2, -0.15) is 26.3 Å². The summed E-state index contributed by atoms with van der Waals surface area (Å²) in [5.41, 5.74) is -1.62. The van der Waals surface area contributed by atoms with Gasteiger partial charge in [0.2, 0.25) is 5.91 Å². The molecule has 4 aromatic rings. The molecule has 3 aliphatic rings. The number of hydrogen-bond acceptors (Lipinski definition) is 13. The number of nitrogens with zero attached hydrogens (tertiary/aromatic N) is 5. The predicted octanol–water partition coefficient (Wildman–Crippen LogP) is 6.28. The molecule has 3 saturated heterocycles. The van der Waals surface area contributed by atoms with E-state index < -0.39 is 90.3 Å². The van der Waals surface area contributed by atoms with Crippen LogP contribution in [0.4, 0.5) is 46.1 Å². The van der Waals surface area contributed by atoms with Gasteiger partial charge in [0.05, 0.1) is 62.1 Å². The number of hydrazine groups is 1. The van der Waals surface area contributed by atoms with Crippen LogP contribution in [0.25, 0.3) is 11.3 Å². The Hall–Kier alpha value is -7.07. The second kappa shape index (κ2) is 24.3. The Bertz CT molecular complexity index is 2800. The normalized spacial score (nSPS) is 18.6. The van der Waals surface area contributed by atoms with Crippen LogP contribution in [-0.4, -0.2) is 151 Å². The first-order chi connectivity index (χ1) is 36.8. The lowest BCUT2D eigenvalue weighted by molar-refractivity contribution is -0.221. The second-order valence-corrected chi connectivity index (χ2v) is 20.6. The minimum absolute atomic E-state index is 0.173. The number of aromatic nitrogens is 2. The number of anilines is 1. The zero-order valence-electron chi connectivity index (χ0n) is 43.7. The molecule has 2 bridgehead atoms. The summed E-state index contributed by atoms with van der Waals surface area (Å²) < 4.78 is 118. The van der Waals surface area contributed by atoms with Crippen LogP contribution in [0.2, 0.25) is 0 Å². The number of ether oxygens (including phenoxy) is 3. The third-order valence-electron chi connectivity index (χ3n) is 14.6. The molecule has 420 valence electrons. The van der Waals surface area contributed by atoms with E-state index in [2.05, 4.69) is 46.8 Å². The van der Waals surface area contributed by atoms with Gasteiger partial charge >= 0.3 is 24.5 Å². The monoisotopic (exact) mass is 1100 g/mol. The Labute approximate surface area is 446 Å². The molecule has 4 amide bonds. The van der Waals surface area contributed by atoms with Gasteiger partial charge in [0, 0.05) is 72.9 Å². The van der Waals surface area contributed by atoms with E-state index in [9.17, 15) is 50.6 Å². The highest BCUT2D eigenvalue weighted by molar-refractivity contribution is 5.87. The Kier molecular flexibility index (Phi) is 18.3. The van der Waals surface area contributed by atoms with Crippen LogP contribution in [0.3, 0.4) is 0 Å². The first-order valence-electron chi connectivity index (χ1n) is 25.0. The minimum Gasteiger partial charge on any atom is -0.453 e. The predicted molar refractivity (Wildman–Crippen MR) is 270 cm³/mol. The number of alkyl carbamates (subject to hydrolysis) is 2. The highest BCUT2D eigenvalue weighted by Crippen LogP contribution is 2.42. The smallest absolute Gasteiger partial charge is 0.407 e. The molecule has 5 heterocycles. The van der Waals surface area contributed by atoms with Gasteiger partial charge in [-0.25, -0.2) is 24.0 Å². The van der Waals surface area contributed by atoms with E-state index in [1.54, 1.807) is 48.7 Å². The number of aliphatic hydroxyl groups is 1. The van der Waals surface area contributed by atoms with Crippen LogP contribution in [0, 0.1) is 28.5 Å². The summed E-state index contributed by atoms with van der Waals surface area (Å²) in [5, 5.41) is 19.1. The number of aliphatic hydroxyl groups excluding tert-OH is 1. The maximum atomic E-state index is 16.0. The standard InChI is InChI=1S/C54H62F7N9O8/c1-51(2,53(56,57)58)45(65-49(74)76-5)47(72)64-42(23-33-13-10-32(11-14-33)12-15-34-16-21-44(63-25-34)68-27-37-19-20-38(28-68)70(37)39-30-78-31-39)43(71)29-69(26-36-18-17-35(24-40(36)55)41-9-7-8-22-62-41)67-48(73)46(66-50(75)77-6)52(3,4)54(59,60)61/h7-11,13-14,16-18,21-22,24-25,37-39,42-43,45-46,71H,19-20,23,26-31H2,1-6H3,(H,64,72)(H,65,74)(H,66,75)(H,67,73)/t37?,38?,42-,43-,45+,46+/m0/s1. The van der Waals surface area contributed by atoms with Crippen LogP contribution < -0.4 is 26.3 Å². The molecule has 3 fully saturated rings. The van der Waals surface area contributed by atoms with Crippen molar-refractivity contribution in [3.8, 4) is 23.1 Å². The molecule has 78 heavy (non-hydrogen) atoms. The summed E-state index contributed by atoms with van der Waals surface area (Å²) in [5.74, 6) is 3.18. The molecule has 0 radical (unpaired) electrons. The quantitative estimate of drug-likeness (QED) is 0.0424. The van der Waals surface area contributed by atoms with E-state index in [1.807, 2.05) is 22.8 Å². The summed E-state index contributed by atoms with van der Waals surface area (Å²) >= 11 is 0. The molecule has 24 heteroatoms. The fourth-order valence-corrected chi connectivity index (χ4v) is 9.56. The lowest BCUT2D eigenvalue weighted by Gasteiger charge is -2.47. The number of halogens is 7. The Balaban J connectivity index is 1.16. The van der Waals surface area contributed by atoms with Crippen molar-refractivity contribution >= 4 is 29.8 Å². The lowest BCUT2D eigenvalue weighted by Crippen LogP contribution is -2.63. The molecule has 2 aromatic carbocycles. The van der Waals surface area contributed by atoms with Crippen molar-refractivity contribution in [3.05, 3.63) is 113 Å². The number of carbonyl (C=O) groups is 4. The van der Waals surface area contributed by atoms with Crippen molar-refractivity contribution in [3.63, 3.8) is 0 Å². The van der Waals surface area contributed by atoms with Gasteiger partial charge < -0.3 is 40.2 Å². The Morgan fingerprint density at radius 2 is 1.36 bits per heavy atom. The summed E-state index contributed by atoms with van der Waals surface area (Å²) in [7, 11) is 1.73. The number of carbonyl (C=O) groups excluding carboxylic acids is 4. The average molecular weight is 1100 g/mol. The topological polar surface area (TPSA) is 200 Å². The zero-order valence-corrected chi connectivity index (χ0v) is 43.7. The van der Waals surface area contributed by atoms with Crippen LogP contribution in [0.15, 0.2) is 85.2 Å². The number of methoxy groups -OCH3 is 2. The minimum atomic E-state index is -5.12. The molecular weight excluding hydrogens is 1040 g/mol. The lowest BCUT2D eigenvalue weighted by atomic mass is 9.82. The van der Waals surface area contributed by atoms with Crippen LogP contribution in [-0.2, 0) is 36.8 Å². The molecular formula is C54H62F7N9O8. The number of amides is 4. The van der Waals surface area contributed by atoms with Crippen LogP contribution in [0.5, 0.6) is 0 Å². The van der Waals surface area contributed by atoms with Crippen molar-refractivity contribution in [1.29, 1.82) is 0 Å². The summed E-state index contributed by atoms with van der Waals surface area (Å²) in [6.07, 6.45) is -9.90. The summed E-state index contributed by atoms with van der Waals surface area (Å²) in [6.45, 7) is 4.34. The average Bonchev–Trinajstić information content (AvgIpc) is 3.82. The number of alkyl halides is 6. The van der Waals surface area contributed by atoms with Gasteiger partial charge in [-0.3, -0.25) is 24.9 Å². The fourth-order valence-electron chi connectivity index (χ4n) is 9.56. The van der Waals surface area contributed by atoms with E-state index in [0.717, 1.165) is 70.3 Å². The SMILES string of the molecule is COC(=O)N[C@H](C(=O)N[C@@H](Cc1ccc(C#Cc2ccc(N3CC4CCC(C3)N4C3COC3)nc2)cc1)[C@@H](O)CN(Cc1ccc(-c2ccccn2)cc1F)NC(=O)[C@@H](NC(=O)OC)C(C)(C)C(F)(F)F)C(C)(C)C(F)(F)F. The highest BCUT2D eigenvalue weighted by atomic mass is 19.4. The van der Waals surface area contributed by atoms with Crippen molar-refractivity contribution in [2.45, 2.75) is 108 Å². The number of rotatable bonds is 18. The van der Waals surface area contributed by atoms with Gasteiger partial charge in [0.15, 0.2) is 0 Å². The third-order valence-corrected chi connectivity index (χ3v) is 14.6. The summed E-state index contributed by atoms with van der Waals surface area (Å²) in [4.78, 5) is 66.7. The molecule has 6 atom stereocenters. The van der Waals surface area contributed by atoms with Crippen molar-refractivity contribution in [2.75, 3.05) is 52.0 Å². The molecule has 0 saturated carbocycles. The number of hydrogen-bond donors (Lipinski definition) is 5. The largest absolute Gasteiger partial charge is 0.453 e. The number of piperazine rings is 1. The van der Waals surface area contributed by atoms with Gasteiger partial charge in [-0.05, 0) is 95.0 Å². The second-order valence-electron chi connectivity index (χ2n) is 20.6. The zero-order chi connectivity index (χ0) is 56.7. The highest BCUT2D eigenvalue weighted by Gasteiger charge is 2.57. The Morgan fingerprint density at radius 3 is 1.87 bits per heavy atom. The molecule has 7 rings (SSSR count). The number of pyridine rings is 2. The first kappa shape index (κ1) is 58.6. The molecule has 17 nitrogen and oxygen atoms in total. The van der Waals surface area contributed by atoms with E-state index >= 15 is 4.39 Å². The molecule has 0 spiro atoms. The van der Waals surface area contributed by atoms with Crippen LogP contribution in [0.1, 0.15) is 62.8 Å². The van der Waals surface area contributed by atoms with Gasteiger partial charge in [0.1, 0.15) is 23.7 Å². The van der Waals surface area contributed by atoms with E-state index in [-0.39, 0.29) is 12.0 Å². The van der Waals surface area contributed by atoms with Crippen molar-refractivity contribution in [1.82, 2.24) is 41.3 Å². The van der Waals surface area contributed by atoms with Gasteiger partial charge in [0.25, 0.3) is 5.91 Å². The number of fused-ring (bicyclic) bond motifs is 2. The maximum absolute atomic E-state index is 16.0. The fraction of sp³-hybridized carbons (Fsp3) is 0.481. The van der Waals surface area contributed by atoms with Gasteiger partial charge in [-0.15, -0.1) is 0 Å². The van der Waals surface area contributed by atoms with Crippen molar-refractivity contribution in [2.24, 2.45) is 10.8 Å². The number of benzene rings is 2. The van der Waals surface area contributed by atoms with E-state index in [0.29, 0.717) is 73.8 Å². The molecule has 5 N–H and O–H groups in total.